The van der Waals surface area contributed by atoms with Crippen LogP contribution < -0.4 is 0 Å². The first-order valence-electron chi connectivity index (χ1n) is 4.50. The molecule has 0 saturated carbocycles. The van der Waals surface area contributed by atoms with E-state index in [9.17, 15) is 9.36 Å². The van der Waals surface area contributed by atoms with Crippen LogP contribution in [0.2, 0.25) is 0 Å². The molecule has 0 atom stereocenters. The monoisotopic (exact) mass is 237 g/mol. The molecule has 0 aliphatic rings. The van der Waals surface area contributed by atoms with Crippen LogP contribution in [0.25, 0.3) is 0 Å². The molecule has 0 aromatic heterocycles. The van der Waals surface area contributed by atoms with Crippen LogP contribution in [0.3, 0.4) is 0 Å². The fourth-order valence-corrected chi connectivity index (χ4v) is 2.45. The first-order chi connectivity index (χ1) is 6.85. The van der Waals surface area contributed by atoms with Crippen LogP contribution in [0.4, 0.5) is 0 Å². The van der Waals surface area contributed by atoms with E-state index in [0.717, 1.165) is 0 Å². The lowest BCUT2D eigenvalue weighted by Gasteiger charge is -2.20. The summed E-state index contributed by atoms with van der Waals surface area (Å²) in [7, 11) is -3.81. The van der Waals surface area contributed by atoms with Crippen molar-refractivity contribution < 1.29 is 23.6 Å². The summed E-state index contributed by atoms with van der Waals surface area (Å²) in [5, 5.41) is 11.1. The van der Waals surface area contributed by atoms with Crippen LogP contribution in [0.5, 0.6) is 0 Å². The van der Waals surface area contributed by atoms with Gasteiger partial charge in [0.15, 0.2) is 6.29 Å². The van der Waals surface area contributed by atoms with E-state index in [4.69, 9.17) is 14.3 Å². The van der Waals surface area contributed by atoms with Gasteiger partial charge in [-0.1, -0.05) is 5.16 Å². The molecule has 88 valence electrons. The lowest BCUT2D eigenvalue weighted by Crippen LogP contribution is -2.15. The van der Waals surface area contributed by atoms with Crippen LogP contribution >= 0.6 is 7.60 Å². The predicted molar refractivity (Wildman–Crippen MR) is 55.3 cm³/mol. The van der Waals surface area contributed by atoms with Gasteiger partial charge in [-0.3, -0.25) is 9.36 Å². The highest BCUT2D eigenvalue weighted by molar-refractivity contribution is 7.74. The van der Waals surface area contributed by atoms with Crippen LogP contribution in [0, 0.1) is 0 Å². The van der Waals surface area contributed by atoms with Crippen molar-refractivity contribution in [2.75, 3.05) is 0 Å². The number of hydrogen-bond acceptors (Lipinski definition) is 6. The molecular weight excluding hydrogens is 221 g/mol. The van der Waals surface area contributed by atoms with Gasteiger partial charge < -0.3 is 14.3 Å². The van der Waals surface area contributed by atoms with E-state index in [-0.39, 0.29) is 6.29 Å². The summed E-state index contributed by atoms with van der Waals surface area (Å²) in [5.74, 6) is 0. The highest BCUT2D eigenvalue weighted by atomic mass is 31.2. The zero-order chi connectivity index (χ0) is 12.1. The van der Waals surface area contributed by atoms with Crippen molar-refractivity contribution in [3.8, 4) is 0 Å². The first kappa shape index (κ1) is 14.3. The second-order valence-electron chi connectivity index (χ2n) is 3.38. The molecule has 6 nitrogen and oxygen atoms in total. The third-order valence-corrected chi connectivity index (χ3v) is 3.34. The number of rotatable bonds is 6. The molecule has 15 heavy (non-hydrogen) atoms. The Morgan fingerprint density at radius 3 is 1.87 bits per heavy atom. The van der Waals surface area contributed by atoms with Crippen molar-refractivity contribution in [3.05, 3.63) is 0 Å². The molecule has 0 aromatic carbocycles. The molecular formula is C8H16NO5P. The van der Waals surface area contributed by atoms with Crippen molar-refractivity contribution in [2.45, 2.75) is 39.9 Å². The van der Waals surface area contributed by atoms with E-state index >= 15 is 0 Å². The van der Waals surface area contributed by atoms with Gasteiger partial charge in [0, 0.05) is 0 Å². The molecule has 0 fully saturated rings. The van der Waals surface area contributed by atoms with E-state index in [1.54, 1.807) is 27.7 Å². The van der Waals surface area contributed by atoms with Gasteiger partial charge in [-0.25, -0.2) is 0 Å². The van der Waals surface area contributed by atoms with E-state index in [2.05, 4.69) is 5.16 Å². The summed E-state index contributed by atoms with van der Waals surface area (Å²) in [6.07, 6.45) is -0.663. The van der Waals surface area contributed by atoms with Gasteiger partial charge in [0.1, 0.15) is 0 Å². The van der Waals surface area contributed by atoms with E-state index in [1.165, 1.54) is 0 Å². The Morgan fingerprint density at radius 1 is 1.27 bits per heavy atom. The Balaban J connectivity index is 5.01. The van der Waals surface area contributed by atoms with Crippen LogP contribution in [0.1, 0.15) is 27.7 Å². The second kappa shape index (κ2) is 6.00. The summed E-state index contributed by atoms with van der Waals surface area (Å²) < 4.78 is 22.0. The van der Waals surface area contributed by atoms with Gasteiger partial charge in [0.05, 0.1) is 12.2 Å². The maximum absolute atomic E-state index is 12.0. The maximum Gasteiger partial charge on any atom is 0.386 e. The topological polar surface area (TPSA) is 85.2 Å². The number of hydrogen-bond donors (Lipinski definition) is 1. The van der Waals surface area contributed by atoms with Gasteiger partial charge in [-0.15, -0.1) is 0 Å². The number of aldehydes is 1. The molecule has 7 heteroatoms. The Labute approximate surface area is 88.8 Å². The van der Waals surface area contributed by atoms with Gasteiger partial charge in [0.25, 0.3) is 0 Å². The Kier molecular flexibility index (Phi) is 5.72. The largest absolute Gasteiger partial charge is 0.410 e. The number of oxime groups is 1. The van der Waals surface area contributed by atoms with E-state index < -0.39 is 25.3 Å². The Hall–Kier alpha value is -0.710. The molecule has 1 N–H and O–H groups in total. The third-order valence-electron chi connectivity index (χ3n) is 1.19. The molecule has 0 heterocycles. The van der Waals surface area contributed by atoms with Gasteiger partial charge in [-0.2, -0.15) is 0 Å². The van der Waals surface area contributed by atoms with E-state index in [1.807, 2.05) is 0 Å². The molecule has 0 radical (unpaired) electrons. The summed E-state index contributed by atoms with van der Waals surface area (Å²) in [4.78, 5) is 10.5. The minimum atomic E-state index is -3.81. The SMILES string of the molecule is CC(C)OP(=O)(OC(C)C)C(C=O)=NO. The zero-order valence-electron chi connectivity index (χ0n) is 9.21. The van der Waals surface area contributed by atoms with Gasteiger partial charge >= 0.3 is 7.60 Å². The molecule has 0 aromatic rings. The smallest absolute Gasteiger partial charge is 0.386 e. The lowest BCUT2D eigenvalue weighted by atomic mass is 10.5. The molecule has 0 amide bonds. The Morgan fingerprint density at radius 2 is 1.67 bits per heavy atom. The number of carbonyl (C=O) groups is 1. The van der Waals surface area contributed by atoms with E-state index in [0.29, 0.717) is 0 Å². The lowest BCUT2D eigenvalue weighted by molar-refractivity contribution is -0.102. The highest BCUT2D eigenvalue weighted by Crippen LogP contribution is 2.51. The summed E-state index contributed by atoms with van der Waals surface area (Å²) in [5.41, 5.74) is -0.620. The minimum absolute atomic E-state index is 0.158. The summed E-state index contributed by atoms with van der Waals surface area (Å²) in [6, 6.07) is 0. The summed E-state index contributed by atoms with van der Waals surface area (Å²) in [6.45, 7) is 6.54. The average Bonchev–Trinajstić information content (AvgIpc) is 2.01. The number of nitrogens with zero attached hydrogens (tertiary/aromatic N) is 1. The fourth-order valence-electron chi connectivity index (χ4n) is 0.831. The zero-order valence-corrected chi connectivity index (χ0v) is 10.1. The molecule has 0 rings (SSSR count). The first-order valence-corrected chi connectivity index (χ1v) is 6.04. The third kappa shape index (κ3) is 4.55. The van der Waals surface area contributed by atoms with Crippen LogP contribution in [-0.4, -0.2) is 29.2 Å². The molecule has 0 saturated heterocycles. The summed E-state index contributed by atoms with van der Waals surface area (Å²) >= 11 is 0. The second-order valence-corrected chi connectivity index (χ2v) is 5.26. The van der Waals surface area contributed by atoms with Gasteiger partial charge in [-0.05, 0) is 27.7 Å². The highest BCUT2D eigenvalue weighted by Gasteiger charge is 2.35. The molecule has 0 aliphatic carbocycles. The van der Waals surface area contributed by atoms with Crippen molar-refractivity contribution in [3.63, 3.8) is 0 Å². The molecule has 0 bridgehead atoms. The van der Waals surface area contributed by atoms with Crippen LogP contribution in [-0.2, 0) is 18.4 Å². The number of carbonyl (C=O) groups excluding carboxylic acids is 1. The minimum Gasteiger partial charge on any atom is -0.410 e. The van der Waals surface area contributed by atoms with Crippen molar-refractivity contribution >= 4 is 19.3 Å². The maximum atomic E-state index is 12.0. The standard InChI is InChI=1S/C8H16NO5P/c1-6(2)13-15(12,14-7(3)4)8(5-10)9-11/h5-7,11H,1-4H3. The van der Waals surface area contributed by atoms with Crippen LogP contribution in [0.15, 0.2) is 5.16 Å². The predicted octanol–water partition coefficient (Wildman–Crippen LogP) is 2.02. The van der Waals surface area contributed by atoms with Crippen molar-refractivity contribution in [1.29, 1.82) is 0 Å². The fraction of sp³-hybridized carbons (Fsp3) is 0.750. The Bertz CT molecular complexity index is 273. The molecule has 0 unspecified atom stereocenters. The van der Waals surface area contributed by atoms with Crippen molar-refractivity contribution in [1.82, 2.24) is 0 Å². The average molecular weight is 237 g/mol. The normalized spacial score (nSPS) is 13.6. The van der Waals surface area contributed by atoms with Gasteiger partial charge in [0.2, 0.25) is 5.45 Å². The molecule has 0 aliphatic heterocycles. The molecule has 0 spiro atoms. The van der Waals surface area contributed by atoms with Crippen molar-refractivity contribution in [2.24, 2.45) is 5.16 Å². The quantitative estimate of drug-likeness (QED) is 0.251.